The molecule has 0 radical (unpaired) electrons. The number of benzene rings is 3. The van der Waals surface area contributed by atoms with Crippen molar-refractivity contribution in [2.24, 2.45) is 0 Å². The van der Waals surface area contributed by atoms with Gasteiger partial charge in [0.05, 0.1) is 7.92 Å². The van der Waals surface area contributed by atoms with Gasteiger partial charge in [0.1, 0.15) is 15.9 Å². The van der Waals surface area contributed by atoms with Crippen molar-refractivity contribution in [3.8, 4) is 0 Å². The molecule has 0 atom stereocenters. The number of halogens is 3. The van der Waals surface area contributed by atoms with Gasteiger partial charge < -0.3 is 10.0 Å². The summed E-state index contributed by atoms with van der Waals surface area (Å²) in [6.07, 6.45) is 0. The first kappa shape index (κ1) is 30.5. The Morgan fingerprint density at radius 1 is 0.688 bits per heavy atom. The molecule has 0 aliphatic heterocycles. The Labute approximate surface area is 203 Å². The van der Waals surface area contributed by atoms with E-state index in [0.717, 1.165) is 0 Å². The van der Waals surface area contributed by atoms with E-state index < -0.39 is 23.5 Å². The zero-order valence-corrected chi connectivity index (χ0v) is 21.6. The molecule has 0 saturated carbocycles. The third kappa shape index (κ3) is 7.81. The number of hydrogen-bond donors (Lipinski definition) is 0. The van der Waals surface area contributed by atoms with Crippen LogP contribution in [0, 0.1) is 20.8 Å². The van der Waals surface area contributed by atoms with Gasteiger partial charge in [0.15, 0.2) is 10.1 Å². The summed E-state index contributed by atoms with van der Waals surface area (Å²) >= 11 is 0. The molecule has 0 saturated heterocycles. The average molecular weight is 670 g/mol. The monoisotopic (exact) mass is 670 g/mol. The second-order valence-electron chi connectivity index (χ2n) is 6.72. The molecule has 0 spiro atoms. The van der Waals surface area contributed by atoms with Gasteiger partial charge in [-0.05, 0) is 55.7 Å². The first-order valence-corrected chi connectivity index (χ1v) is 11.9. The zero-order valence-electron chi connectivity index (χ0n) is 17.6. The van der Waals surface area contributed by atoms with Crippen molar-refractivity contribution >= 4 is 34.0 Å². The van der Waals surface area contributed by atoms with Gasteiger partial charge in [0.25, 0.3) is 0 Å². The average Bonchev–Trinajstić information content (AvgIpc) is 2.65. The molecule has 32 heavy (non-hydrogen) atoms. The van der Waals surface area contributed by atoms with Crippen molar-refractivity contribution in [3.63, 3.8) is 0 Å². The Morgan fingerprint density at radius 2 is 0.906 bits per heavy atom. The van der Waals surface area contributed by atoms with Crippen LogP contribution in [-0.2, 0) is 38.0 Å². The molecule has 0 aliphatic carbocycles. The molecule has 0 aliphatic rings. The normalized spacial score (nSPS) is 11.0. The van der Waals surface area contributed by atoms with Crippen molar-refractivity contribution in [3.05, 3.63) is 89.5 Å². The largest absolute Gasteiger partial charge is 1.00 e. The summed E-state index contributed by atoms with van der Waals surface area (Å²) in [5.41, 5.74) is -1.47. The van der Waals surface area contributed by atoms with Crippen LogP contribution in [-0.4, -0.2) is 18.5 Å². The molecule has 178 valence electrons. The molecule has 3 aromatic rings. The Balaban J connectivity index is 0.000000834. The Morgan fingerprint density at radius 3 is 1.09 bits per heavy atom. The maximum atomic E-state index is 10.7. The van der Waals surface area contributed by atoms with Gasteiger partial charge in [0, 0.05) is 0 Å². The minimum Gasteiger partial charge on any atom is -0.741 e. The predicted octanol–water partition coefficient (Wildman–Crippen LogP) is 3.23. The van der Waals surface area contributed by atoms with Crippen molar-refractivity contribution in [1.29, 1.82) is 0 Å². The van der Waals surface area contributed by atoms with E-state index >= 15 is 0 Å². The molecule has 4 nitrogen and oxygen atoms in total. The van der Waals surface area contributed by atoms with Crippen molar-refractivity contribution < 1.29 is 54.0 Å². The molecule has 3 rings (SSSR count). The van der Waals surface area contributed by atoms with E-state index in [0.29, 0.717) is 0 Å². The van der Waals surface area contributed by atoms with Crippen LogP contribution in [0.15, 0.2) is 72.8 Å². The fourth-order valence-corrected chi connectivity index (χ4v) is 6.09. The van der Waals surface area contributed by atoms with Crippen LogP contribution in [0.25, 0.3) is 0 Å². The molecule has 0 heterocycles. The van der Waals surface area contributed by atoms with Crippen molar-refractivity contribution in [1.82, 2.24) is 0 Å². The van der Waals surface area contributed by atoms with Gasteiger partial charge in [-0.1, -0.05) is 54.6 Å². The van der Waals surface area contributed by atoms with E-state index in [2.05, 4.69) is 93.6 Å². The fraction of sp³-hybridized carbons (Fsp3) is 0.182. The van der Waals surface area contributed by atoms with Gasteiger partial charge in [-0.2, -0.15) is 13.2 Å². The minimum atomic E-state index is -6.09. The third-order valence-corrected chi connectivity index (χ3v) is 8.39. The van der Waals surface area contributed by atoms with Gasteiger partial charge >= 0.3 is 27.9 Å². The number of alkyl halides is 3. The first-order valence-electron chi connectivity index (χ1n) is 9.00. The van der Waals surface area contributed by atoms with E-state index in [4.69, 9.17) is 13.0 Å². The number of hydrogen-bond acceptors (Lipinski definition) is 3. The van der Waals surface area contributed by atoms with Gasteiger partial charge in [0.2, 0.25) is 0 Å². The fourth-order valence-electron chi connectivity index (χ4n) is 3.00. The quantitative estimate of drug-likeness (QED) is 0.141. The first-order chi connectivity index (χ1) is 13.9. The molecular formula is C22H25AuF3O4PS+2. The van der Waals surface area contributed by atoms with E-state index in [9.17, 15) is 13.2 Å². The van der Waals surface area contributed by atoms with Crippen LogP contribution in [0.2, 0.25) is 0 Å². The predicted molar refractivity (Wildman–Crippen MR) is 121 cm³/mol. The molecule has 0 fully saturated rings. The van der Waals surface area contributed by atoms with Crippen molar-refractivity contribution in [2.45, 2.75) is 26.3 Å². The Kier molecular flexibility index (Phi) is 12.1. The van der Waals surface area contributed by atoms with Crippen LogP contribution in [0.1, 0.15) is 16.7 Å². The van der Waals surface area contributed by atoms with Gasteiger partial charge in [-0.15, -0.1) is 0 Å². The third-order valence-electron chi connectivity index (χ3n) is 4.53. The van der Waals surface area contributed by atoms with E-state index in [-0.39, 0.29) is 27.9 Å². The van der Waals surface area contributed by atoms with E-state index in [1.54, 1.807) is 0 Å². The van der Waals surface area contributed by atoms with Gasteiger partial charge in [-0.3, -0.25) is 0 Å². The summed E-state index contributed by atoms with van der Waals surface area (Å²) in [5, 5.41) is 4.49. The molecule has 3 N–H and O–H groups in total. The van der Waals surface area contributed by atoms with Gasteiger partial charge in [-0.25, -0.2) is 8.42 Å². The summed E-state index contributed by atoms with van der Waals surface area (Å²) in [6, 6.07) is 26.5. The second kappa shape index (κ2) is 12.7. The summed E-state index contributed by atoms with van der Waals surface area (Å²) in [4.78, 5) is 0. The number of aryl methyl sites for hydroxylation is 3. The van der Waals surface area contributed by atoms with Crippen molar-refractivity contribution in [2.75, 3.05) is 0 Å². The smallest absolute Gasteiger partial charge is 0.741 e. The molecule has 0 aromatic heterocycles. The molecule has 0 unspecified atom stereocenters. The second-order valence-corrected chi connectivity index (χ2v) is 10.5. The van der Waals surface area contributed by atoms with E-state index in [1.807, 2.05) is 0 Å². The molecule has 0 bridgehead atoms. The maximum absolute atomic E-state index is 10.7. The van der Waals surface area contributed by atoms with Crippen LogP contribution < -0.4 is 15.9 Å². The topological polar surface area (TPSA) is 90.2 Å². The van der Waals surface area contributed by atoms with E-state index in [1.165, 1.54) is 32.6 Å². The summed E-state index contributed by atoms with van der Waals surface area (Å²) in [7, 11) is -7.06. The molecule has 0 amide bonds. The minimum absolute atomic E-state index is 0. The van der Waals surface area contributed by atoms with Crippen LogP contribution in [0.3, 0.4) is 0 Å². The SMILES string of the molecule is Cc1ccccc1[PH+](c1ccccc1C)c1ccccc1C.O=S(=O)([O-])C(F)(F)F.[Au+].[OH3+]. The molecule has 3 aromatic carbocycles. The Bertz CT molecular complexity index is 1010. The number of rotatable bonds is 3. The van der Waals surface area contributed by atoms with Crippen LogP contribution in [0.5, 0.6) is 0 Å². The van der Waals surface area contributed by atoms with Crippen LogP contribution in [0.4, 0.5) is 13.2 Å². The summed E-state index contributed by atoms with van der Waals surface area (Å²) < 4.78 is 58.9. The zero-order chi connectivity index (χ0) is 22.5. The molecular weight excluding hydrogens is 645 g/mol. The standard InChI is InChI=1S/C21H21P.CHF3O3S.Au.H2O/c1-16-10-4-7-13-19(16)22(20-14-8-5-11-17(20)2)21-15-9-6-12-18(21)3;2-1(3,4)8(5,6)7;;/h4-15H,1-3H3;(H,5,6,7);;1H2/q;;+1;/p+1. The molecule has 10 heteroatoms. The maximum Gasteiger partial charge on any atom is 1.00 e. The Hall–Kier alpha value is -1.51. The summed E-state index contributed by atoms with van der Waals surface area (Å²) in [6.45, 7) is 6.70. The summed E-state index contributed by atoms with van der Waals surface area (Å²) in [5.74, 6) is 0. The van der Waals surface area contributed by atoms with Crippen LogP contribution >= 0.6 is 7.92 Å².